The normalized spacial score (nSPS) is 14.0. The Labute approximate surface area is 135 Å². The maximum absolute atomic E-state index is 11.6. The number of carbonyl (C=O) groups is 1. The van der Waals surface area contributed by atoms with Crippen molar-refractivity contribution < 1.29 is 14.3 Å². The number of nitrogens with zero attached hydrogens (tertiary/aromatic N) is 1. The number of pyridine rings is 1. The van der Waals surface area contributed by atoms with E-state index < -0.39 is 0 Å². The van der Waals surface area contributed by atoms with E-state index in [4.69, 9.17) is 9.47 Å². The third kappa shape index (κ3) is 3.26. The minimum atomic E-state index is -0.310. The Bertz CT molecular complexity index is 750. The van der Waals surface area contributed by atoms with Crippen LogP contribution in [0.2, 0.25) is 0 Å². The number of esters is 1. The van der Waals surface area contributed by atoms with Crippen molar-refractivity contribution in [1.82, 2.24) is 4.98 Å². The van der Waals surface area contributed by atoms with Gasteiger partial charge in [0.15, 0.2) is 0 Å². The van der Waals surface area contributed by atoms with Crippen molar-refractivity contribution in [2.45, 2.75) is 26.2 Å². The molecule has 1 heterocycles. The van der Waals surface area contributed by atoms with Crippen molar-refractivity contribution in [3.8, 4) is 5.75 Å². The number of hydrogen-bond donors (Lipinski definition) is 0. The molecule has 0 atom stereocenters. The smallest absolute Gasteiger partial charge is 0.308 e. The molecule has 0 radical (unpaired) electrons. The molecular formula is C19H19NO3. The molecule has 1 aliphatic carbocycles. The second-order valence-electron chi connectivity index (χ2n) is 5.51. The molecule has 0 amide bonds. The highest BCUT2D eigenvalue weighted by Crippen LogP contribution is 2.37. The summed E-state index contributed by atoms with van der Waals surface area (Å²) in [4.78, 5) is 15.7. The monoisotopic (exact) mass is 309 g/mol. The molecule has 0 aliphatic heterocycles. The molecule has 0 fully saturated rings. The van der Waals surface area contributed by atoms with Crippen molar-refractivity contribution in [2.75, 3.05) is 7.11 Å². The summed E-state index contributed by atoms with van der Waals surface area (Å²) in [5.41, 5.74) is 4.20. The Morgan fingerprint density at radius 2 is 1.91 bits per heavy atom. The zero-order valence-electron chi connectivity index (χ0n) is 13.3. The van der Waals surface area contributed by atoms with Gasteiger partial charge in [-0.05, 0) is 60.7 Å². The molecule has 0 spiro atoms. The molecule has 0 N–H and O–H groups in total. The number of carbonyl (C=O) groups excluding carboxylic acids is 1. The van der Waals surface area contributed by atoms with Gasteiger partial charge in [-0.25, -0.2) is 0 Å². The van der Waals surface area contributed by atoms with Crippen LogP contribution < -0.4 is 4.74 Å². The Hall–Kier alpha value is -2.62. The van der Waals surface area contributed by atoms with Gasteiger partial charge in [-0.2, -0.15) is 0 Å². The van der Waals surface area contributed by atoms with Crippen molar-refractivity contribution in [2.24, 2.45) is 0 Å². The Kier molecular flexibility index (Phi) is 4.42. The standard InChI is InChI=1S/C19H19NO3/c1-13(21)23-19-17(14-8-10-20-11-9-14)5-3-4-15-12-16(22-2)6-7-18(15)19/h6-12H,3-5H2,1-2H3. The number of aromatic nitrogens is 1. The molecule has 1 aliphatic rings. The van der Waals surface area contributed by atoms with Crippen LogP contribution in [0, 0.1) is 0 Å². The van der Waals surface area contributed by atoms with Crippen molar-refractivity contribution in [1.29, 1.82) is 0 Å². The largest absolute Gasteiger partial charge is 0.497 e. The van der Waals surface area contributed by atoms with E-state index in [2.05, 4.69) is 4.98 Å². The number of hydrogen-bond acceptors (Lipinski definition) is 4. The predicted octanol–water partition coefficient (Wildman–Crippen LogP) is 3.86. The molecule has 0 unspecified atom stereocenters. The average Bonchev–Trinajstić information content (AvgIpc) is 2.74. The minimum absolute atomic E-state index is 0.310. The molecule has 4 nitrogen and oxygen atoms in total. The zero-order chi connectivity index (χ0) is 16.2. The molecular weight excluding hydrogens is 290 g/mol. The number of methoxy groups -OCH3 is 1. The first-order valence-corrected chi connectivity index (χ1v) is 7.68. The maximum Gasteiger partial charge on any atom is 0.308 e. The van der Waals surface area contributed by atoms with Crippen molar-refractivity contribution in [3.63, 3.8) is 0 Å². The van der Waals surface area contributed by atoms with Gasteiger partial charge in [0.25, 0.3) is 0 Å². The van der Waals surface area contributed by atoms with Gasteiger partial charge < -0.3 is 9.47 Å². The van der Waals surface area contributed by atoms with Gasteiger partial charge in [-0.1, -0.05) is 0 Å². The van der Waals surface area contributed by atoms with Crippen LogP contribution in [-0.4, -0.2) is 18.1 Å². The van der Waals surface area contributed by atoms with Crippen LogP contribution in [0.1, 0.15) is 36.5 Å². The van der Waals surface area contributed by atoms with Gasteiger partial charge in [0.05, 0.1) is 7.11 Å². The lowest BCUT2D eigenvalue weighted by Crippen LogP contribution is -2.03. The van der Waals surface area contributed by atoms with E-state index in [9.17, 15) is 4.79 Å². The summed E-state index contributed by atoms with van der Waals surface area (Å²) in [6.45, 7) is 1.44. The zero-order valence-corrected chi connectivity index (χ0v) is 13.3. The van der Waals surface area contributed by atoms with Crippen LogP contribution >= 0.6 is 0 Å². The summed E-state index contributed by atoms with van der Waals surface area (Å²) in [6.07, 6.45) is 6.28. The summed E-state index contributed by atoms with van der Waals surface area (Å²) in [7, 11) is 1.66. The van der Waals surface area contributed by atoms with Crippen LogP contribution in [0.25, 0.3) is 11.3 Å². The van der Waals surface area contributed by atoms with Crippen molar-refractivity contribution >= 4 is 17.3 Å². The van der Waals surface area contributed by atoms with E-state index >= 15 is 0 Å². The first-order valence-electron chi connectivity index (χ1n) is 7.68. The topological polar surface area (TPSA) is 48.4 Å². The molecule has 118 valence electrons. The molecule has 0 saturated carbocycles. The summed E-state index contributed by atoms with van der Waals surface area (Å²) in [5, 5.41) is 0. The Morgan fingerprint density at radius 3 is 2.61 bits per heavy atom. The second-order valence-corrected chi connectivity index (χ2v) is 5.51. The van der Waals surface area contributed by atoms with E-state index in [1.807, 2.05) is 30.3 Å². The Balaban J connectivity index is 2.18. The number of ether oxygens (including phenoxy) is 2. The molecule has 1 aromatic carbocycles. The second kappa shape index (κ2) is 6.65. The molecule has 0 saturated heterocycles. The number of aryl methyl sites for hydroxylation is 1. The summed E-state index contributed by atoms with van der Waals surface area (Å²) < 4.78 is 10.9. The summed E-state index contributed by atoms with van der Waals surface area (Å²) in [5.74, 6) is 1.16. The van der Waals surface area contributed by atoms with E-state index in [0.29, 0.717) is 5.76 Å². The minimum Gasteiger partial charge on any atom is -0.497 e. The van der Waals surface area contributed by atoms with Crippen LogP contribution in [0.3, 0.4) is 0 Å². The lowest BCUT2D eigenvalue weighted by Gasteiger charge is -2.15. The van der Waals surface area contributed by atoms with Gasteiger partial charge in [-0.3, -0.25) is 9.78 Å². The highest BCUT2D eigenvalue weighted by atomic mass is 16.5. The molecule has 23 heavy (non-hydrogen) atoms. The number of fused-ring (bicyclic) bond motifs is 1. The third-order valence-corrected chi connectivity index (χ3v) is 3.98. The average molecular weight is 309 g/mol. The molecule has 3 rings (SSSR count). The Morgan fingerprint density at radius 1 is 1.13 bits per heavy atom. The van der Waals surface area contributed by atoms with Gasteiger partial charge in [0, 0.05) is 30.5 Å². The van der Waals surface area contributed by atoms with Crippen molar-refractivity contribution in [3.05, 3.63) is 59.4 Å². The summed E-state index contributed by atoms with van der Waals surface area (Å²) >= 11 is 0. The van der Waals surface area contributed by atoms with Crippen LogP contribution in [0.15, 0.2) is 42.7 Å². The van der Waals surface area contributed by atoms with E-state index in [0.717, 1.165) is 47.3 Å². The maximum atomic E-state index is 11.6. The van der Waals surface area contributed by atoms with E-state index in [1.54, 1.807) is 19.5 Å². The van der Waals surface area contributed by atoms with Crippen LogP contribution in [-0.2, 0) is 16.0 Å². The quantitative estimate of drug-likeness (QED) is 0.808. The molecule has 1 aromatic heterocycles. The van der Waals surface area contributed by atoms with Gasteiger partial charge in [-0.15, -0.1) is 0 Å². The van der Waals surface area contributed by atoms with E-state index in [1.165, 1.54) is 6.92 Å². The number of benzene rings is 1. The number of rotatable bonds is 3. The van der Waals surface area contributed by atoms with Crippen LogP contribution in [0.5, 0.6) is 5.75 Å². The van der Waals surface area contributed by atoms with Crippen LogP contribution in [0.4, 0.5) is 0 Å². The predicted molar refractivity (Wildman–Crippen MR) is 88.7 cm³/mol. The molecule has 2 aromatic rings. The SMILES string of the molecule is COc1ccc2c(c1)CCCC(c1ccncc1)=C2OC(C)=O. The first-order chi connectivity index (χ1) is 11.2. The lowest BCUT2D eigenvalue weighted by atomic mass is 9.99. The van der Waals surface area contributed by atoms with Gasteiger partial charge >= 0.3 is 5.97 Å². The third-order valence-electron chi connectivity index (χ3n) is 3.98. The number of allylic oxidation sites excluding steroid dienone is 1. The van der Waals surface area contributed by atoms with Gasteiger partial charge in [0.2, 0.25) is 0 Å². The highest BCUT2D eigenvalue weighted by molar-refractivity contribution is 5.93. The first kappa shape index (κ1) is 15.3. The fourth-order valence-electron chi connectivity index (χ4n) is 2.95. The summed E-state index contributed by atoms with van der Waals surface area (Å²) in [6, 6.07) is 9.80. The van der Waals surface area contributed by atoms with E-state index in [-0.39, 0.29) is 5.97 Å². The molecule has 4 heteroatoms. The fourth-order valence-corrected chi connectivity index (χ4v) is 2.95. The lowest BCUT2D eigenvalue weighted by molar-refractivity contribution is -0.134. The molecule has 0 bridgehead atoms. The fraction of sp³-hybridized carbons (Fsp3) is 0.263. The van der Waals surface area contributed by atoms with Gasteiger partial charge in [0.1, 0.15) is 11.5 Å². The highest BCUT2D eigenvalue weighted by Gasteiger charge is 2.21.